The second-order valence-electron chi connectivity index (χ2n) is 4.56. The number of rotatable bonds is 4. The lowest BCUT2D eigenvalue weighted by atomic mass is 10.1. The molecule has 0 N–H and O–H groups in total. The fourth-order valence-electron chi connectivity index (χ4n) is 1.97. The number of ketones is 2. The van der Waals surface area contributed by atoms with E-state index in [1.807, 2.05) is 0 Å². The highest BCUT2D eigenvalue weighted by molar-refractivity contribution is 5.80. The zero-order valence-corrected chi connectivity index (χ0v) is 9.85. The van der Waals surface area contributed by atoms with Crippen LogP contribution in [-0.4, -0.2) is 50.2 Å². The van der Waals surface area contributed by atoms with E-state index in [1.54, 1.807) is 0 Å². The summed E-state index contributed by atoms with van der Waals surface area (Å²) >= 11 is 0. The van der Waals surface area contributed by atoms with Gasteiger partial charge in [-0.05, 0) is 12.8 Å². The molecule has 0 aromatic heterocycles. The van der Waals surface area contributed by atoms with E-state index in [0.717, 1.165) is 12.8 Å². The first-order chi connectivity index (χ1) is 8.24. The Kier molecular flexibility index (Phi) is 4.65. The van der Waals surface area contributed by atoms with Crippen LogP contribution in [0.15, 0.2) is 0 Å². The summed E-state index contributed by atoms with van der Waals surface area (Å²) in [7, 11) is 0. The SMILES string of the molecule is O=C1CCC(COCC2CCC(=O)CO2)OC1. The average Bonchev–Trinajstić information content (AvgIpc) is 2.34. The van der Waals surface area contributed by atoms with Gasteiger partial charge in [0.1, 0.15) is 13.2 Å². The first-order valence-electron chi connectivity index (χ1n) is 6.08. The third-order valence-corrected chi connectivity index (χ3v) is 3.06. The van der Waals surface area contributed by atoms with E-state index in [4.69, 9.17) is 14.2 Å². The summed E-state index contributed by atoms with van der Waals surface area (Å²) in [4.78, 5) is 21.9. The molecule has 2 saturated heterocycles. The van der Waals surface area contributed by atoms with Crippen LogP contribution in [0.4, 0.5) is 0 Å². The Balaban J connectivity index is 1.56. The van der Waals surface area contributed by atoms with E-state index in [2.05, 4.69) is 0 Å². The van der Waals surface area contributed by atoms with Crippen LogP contribution < -0.4 is 0 Å². The van der Waals surface area contributed by atoms with E-state index in [9.17, 15) is 9.59 Å². The molecule has 2 fully saturated rings. The molecule has 0 aliphatic carbocycles. The summed E-state index contributed by atoms with van der Waals surface area (Å²) < 4.78 is 16.2. The molecule has 0 amide bonds. The summed E-state index contributed by atoms with van der Waals surface area (Å²) in [5, 5.41) is 0. The smallest absolute Gasteiger partial charge is 0.158 e. The van der Waals surface area contributed by atoms with Crippen LogP contribution in [0.3, 0.4) is 0 Å². The first kappa shape index (κ1) is 12.7. The number of hydrogen-bond donors (Lipinski definition) is 0. The van der Waals surface area contributed by atoms with Gasteiger partial charge in [0.15, 0.2) is 11.6 Å². The standard InChI is InChI=1S/C12H18O5/c13-9-1-3-11(16-5-9)7-15-8-12-4-2-10(14)6-17-12/h11-12H,1-8H2. The van der Waals surface area contributed by atoms with Gasteiger partial charge >= 0.3 is 0 Å². The van der Waals surface area contributed by atoms with Crippen molar-refractivity contribution < 1.29 is 23.8 Å². The van der Waals surface area contributed by atoms with Crippen molar-refractivity contribution in [2.75, 3.05) is 26.4 Å². The fourth-order valence-corrected chi connectivity index (χ4v) is 1.97. The largest absolute Gasteiger partial charge is 0.376 e. The van der Waals surface area contributed by atoms with Crippen LogP contribution in [0, 0.1) is 0 Å². The maximum Gasteiger partial charge on any atom is 0.158 e. The minimum atomic E-state index is 0.0259. The molecular weight excluding hydrogens is 224 g/mol. The maximum atomic E-state index is 10.9. The lowest BCUT2D eigenvalue weighted by Crippen LogP contribution is -2.33. The third kappa shape index (κ3) is 4.18. The molecule has 0 saturated carbocycles. The second-order valence-corrected chi connectivity index (χ2v) is 4.56. The highest BCUT2D eigenvalue weighted by Gasteiger charge is 2.22. The van der Waals surface area contributed by atoms with Crippen molar-refractivity contribution in [2.45, 2.75) is 37.9 Å². The van der Waals surface area contributed by atoms with Crippen molar-refractivity contribution >= 4 is 11.6 Å². The number of hydrogen-bond acceptors (Lipinski definition) is 5. The topological polar surface area (TPSA) is 61.8 Å². The van der Waals surface area contributed by atoms with Crippen molar-refractivity contribution in [3.63, 3.8) is 0 Å². The lowest BCUT2D eigenvalue weighted by molar-refractivity contribution is -0.138. The lowest BCUT2D eigenvalue weighted by Gasteiger charge is -2.25. The highest BCUT2D eigenvalue weighted by Crippen LogP contribution is 2.13. The Morgan fingerprint density at radius 3 is 1.76 bits per heavy atom. The number of carbonyl (C=O) groups excluding carboxylic acids is 2. The average molecular weight is 242 g/mol. The molecule has 5 heteroatoms. The molecule has 0 radical (unpaired) electrons. The first-order valence-corrected chi connectivity index (χ1v) is 6.08. The Bertz CT molecular complexity index is 241. The van der Waals surface area contributed by atoms with Gasteiger partial charge in [-0.2, -0.15) is 0 Å². The molecule has 2 rings (SSSR count). The summed E-state index contributed by atoms with van der Waals surface area (Å²) in [6, 6.07) is 0. The Hall–Kier alpha value is -0.780. The summed E-state index contributed by atoms with van der Waals surface area (Å²) in [5.74, 6) is 0.325. The van der Waals surface area contributed by atoms with Gasteiger partial charge in [0.2, 0.25) is 0 Å². The third-order valence-electron chi connectivity index (χ3n) is 3.06. The van der Waals surface area contributed by atoms with Gasteiger partial charge in [0, 0.05) is 12.8 Å². The van der Waals surface area contributed by atoms with Crippen LogP contribution in [0.5, 0.6) is 0 Å². The molecule has 0 spiro atoms. The Morgan fingerprint density at radius 1 is 0.941 bits per heavy atom. The van der Waals surface area contributed by atoms with Gasteiger partial charge in [-0.15, -0.1) is 0 Å². The monoisotopic (exact) mass is 242 g/mol. The predicted molar refractivity (Wildman–Crippen MR) is 58.8 cm³/mol. The van der Waals surface area contributed by atoms with E-state index >= 15 is 0 Å². The van der Waals surface area contributed by atoms with Crippen molar-refractivity contribution in [3.8, 4) is 0 Å². The molecule has 2 aliphatic rings. The van der Waals surface area contributed by atoms with Gasteiger partial charge in [-0.3, -0.25) is 9.59 Å². The summed E-state index contributed by atoms with van der Waals surface area (Å²) in [6.45, 7) is 1.42. The summed E-state index contributed by atoms with van der Waals surface area (Å²) in [5.41, 5.74) is 0. The molecule has 2 atom stereocenters. The normalized spacial score (nSPS) is 30.6. The molecule has 2 heterocycles. The fraction of sp³-hybridized carbons (Fsp3) is 0.833. The molecule has 0 aromatic rings. The van der Waals surface area contributed by atoms with E-state index in [0.29, 0.717) is 26.1 Å². The zero-order valence-electron chi connectivity index (χ0n) is 9.85. The van der Waals surface area contributed by atoms with Crippen LogP contribution in [-0.2, 0) is 23.8 Å². The molecule has 96 valence electrons. The van der Waals surface area contributed by atoms with Gasteiger partial charge in [-0.1, -0.05) is 0 Å². The summed E-state index contributed by atoms with van der Waals surface area (Å²) in [6.07, 6.45) is 2.70. The van der Waals surface area contributed by atoms with Crippen molar-refractivity contribution in [3.05, 3.63) is 0 Å². The van der Waals surface area contributed by atoms with E-state index in [1.165, 1.54) is 0 Å². The minimum absolute atomic E-state index is 0.0259. The minimum Gasteiger partial charge on any atom is -0.376 e. The molecule has 2 aliphatic heterocycles. The molecule has 0 aromatic carbocycles. The Labute approximate surface area is 100 Å². The van der Waals surface area contributed by atoms with E-state index in [-0.39, 0.29) is 37.0 Å². The van der Waals surface area contributed by atoms with E-state index < -0.39 is 0 Å². The van der Waals surface area contributed by atoms with Gasteiger partial charge in [0.05, 0.1) is 25.4 Å². The highest BCUT2D eigenvalue weighted by atomic mass is 16.6. The van der Waals surface area contributed by atoms with Crippen molar-refractivity contribution in [2.24, 2.45) is 0 Å². The number of carbonyl (C=O) groups is 2. The molecule has 0 bridgehead atoms. The maximum absolute atomic E-state index is 10.9. The van der Waals surface area contributed by atoms with Crippen LogP contribution in [0.25, 0.3) is 0 Å². The van der Waals surface area contributed by atoms with Crippen molar-refractivity contribution in [1.29, 1.82) is 0 Å². The van der Waals surface area contributed by atoms with Crippen LogP contribution in [0.1, 0.15) is 25.7 Å². The van der Waals surface area contributed by atoms with Crippen LogP contribution >= 0.6 is 0 Å². The van der Waals surface area contributed by atoms with Crippen LogP contribution in [0.2, 0.25) is 0 Å². The number of ether oxygens (including phenoxy) is 3. The zero-order chi connectivity index (χ0) is 12.1. The molecule has 17 heavy (non-hydrogen) atoms. The van der Waals surface area contributed by atoms with Gasteiger partial charge in [-0.25, -0.2) is 0 Å². The number of Topliss-reactive ketones (excluding diaryl/α,β-unsaturated/α-hetero) is 2. The van der Waals surface area contributed by atoms with Gasteiger partial charge in [0.25, 0.3) is 0 Å². The molecule has 5 nitrogen and oxygen atoms in total. The molecular formula is C12H18O5. The quantitative estimate of drug-likeness (QED) is 0.718. The van der Waals surface area contributed by atoms with Crippen molar-refractivity contribution in [1.82, 2.24) is 0 Å². The Morgan fingerprint density at radius 2 is 1.41 bits per heavy atom. The second kappa shape index (κ2) is 6.23. The predicted octanol–water partition coefficient (Wildman–Crippen LogP) is 0.499. The molecule has 2 unspecified atom stereocenters. The van der Waals surface area contributed by atoms with Gasteiger partial charge < -0.3 is 14.2 Å².